The maximum absolute atomic E-state index is 6.00. The molecule has 0 fully saturated rings. The van der Waals surface area contributed by atoms with Gasteiger partial charge in [0.05, 0.1) is 0 Å². The van der Waals surface area contributed by atoms with E-state index in [-0.39, 0.29) is 6.04 Å². The minimum atomic E-state index is 0.0991. The first kappa shape index (κ1) is 13.4. The standard InChI is InChI=1S/C15H15Cl2N/c1-2-15(18)11-5-3-10(4-6-11)12-7-13(16)9-14(17)8-12/h3-9,15H,2,18H2,1H3. The molecule has 0 aliphatic heterocycles. The number of benzene rings is 2. The normalized spacial score (nSPS) is 12.4. The number of halogens is 2. The Bertz CT molecular complexity index is 514. The van der Waals surface area contributed by atoms with Gasteiger partial charge in [-0.25, -0.2) is 0 Å². The summed E-state index contributed by atoms with van der Waals surface area (Å²) in [5.74, 6) is 0. The quantitative estimate of drug-likeness (QED) is 0.834. The Kier molecular flexibility index (Phi) is 4.28. The molecule has 2 aromatic rings. The van der Waals surface area contributed by atoms with Crippen LogP contribution in [0.25, 0.3) is 11.1 Å². The van der Waals surface area contributed by atoms with Crippen LogP contribution >= 0.6 is 23.2 Å². The molecule has 0 amide bonds. The van der Waals surface area contributed by atoms with E-state index < -0.39 is 0 Å². The van der Waals surface area contributed by atoms with E-state index in [4.69, 9.17) is 28.9 Å². The zero-order valence-electron chi connectivity index (χ0n) is 10.2. The van der Waals surface area contributed by atoms with E-state index in [1.54, 1.807) is 6.07 Å². The molecular weight excluding hydrogens is 265 g/mol. The molecule has 1 atom stereocenters. The van der Waals surface area contributed by atoms with Crippen LogP contribution in [0, 0.1) is 0 Å². The predicted octanol–water partition coefficient (Wildman–Crippen LogP) is 5.07. The first-order valence-corrected chi connectivity index (χ1v) is 6.67. The van der Waals surface area contributed by atoms with E-state index in [2.05, 4.69) is 19.1 Å². The summed E-state index contributed by atoms with van der Waals surface area (Å²) in [6.45, 7) is 2.08. The van der Waals surface area contributed by atoms with Gasteiger partial charge in [0.1, 0.15) is 0 Å². The van der Waals surface area contributed by atoms with Gasteiger partial charge in [-0.3, -0.25) is 0 Å². The SMILES string of the molecule is CCC(N)c1ccc(-c2cc(Cl)cc(Cl)c2)cc1. The van der Waals surface area contributed by atoms with Crippen molar-refractivity contribution in [3.05, 3.63) is 58.1 Å². The Hall–Kier alpha value is -1.02. The van der Waals surface area contributed by atoms with Crippen LogP contribution < -0.4 is 5.73 Å². The molecule has 0 bridgehead atoms. The Morgan fingerprint density at radius 3 is 2.00 bits per heavy atom. The monoisotopic (exact) mass is 279 g/mol. The van der Waals surface area contributed by atoms with E-state index in [0.717, 1.165) is 23.1 Å². The molecule has 0 aliphatic carbocycles. The van der Waals surface area contributed by atoms with Crippen LogP contribution in [0.1, 0.15) is 24.9 Å². The second-order valence-corrected chi connectivity index (χ2v) is 5.17. The molecular formula is C15H15Cl2N. The molecule has 2 N–H and O–H groups in total. The summed E-state index contributed by atoms with van der Waals surface area (Å²) in [6.07, 6.45) is 0.933. The van der Waals surface area contributed by atoms with Crippen LogP contribution in [0.4, 0.5) is 0 Å². The van der Waals surface area contributed by atoms with Crippen molar-refractivity contribution in [3.63, 3.8) is 0 Å². The number of nitrogens with two attached hydrogens (primary N) is 1. The maximum Gasteiger partial charge on any atom is 0.0426 e. The van der Waals surface area contributed by atoms with Gasteiger partial charge in [-0.05, 0) is 41.3 Å². The van der Waals surface area contributed by atoms with Crippen LogP contribution in [0.3, 0.4) is 0 Å². The van der Waals surface area contributed by atoms with Crippen molar-refractivity contribution in [2.75, 3.05) is 0 Å². The Morgan fingerprint density at radius 2 is 1.50 bits per heavy atom. The first-order chi connectivity index (χ1) is 8.60. The molecule has 0 aliphatic rings. The minimum Gasteiger partial charge on any atom is -0.324 e. The molecule has 0 heterocycles. The molecule has 0 aromatic heterocycles. The zero-order valence-corrected chi connectivity index (χ0v) is 11.7. The van der Waals surface area contributed by atoms with Crippen LogP contribution in [0.15, 0.2) is 42.5 Å². The van der Waals surface area contributed by atoms with Crippen LogP contribution in [-0.4, -0.2) is 0 Å². The highest BCUT2D eigenvalue weighted by atomic mass is 35.5. The van der Waals surface area contributed by atoms with Crippen molar-refractivity contribution < 1.29 is 0 Å². The average molecular weight is 280 g/mol. The summed E-state index contributed by atoms with van der Waals surface area (Å²) in [4.78, 5) is 0. The smallest absolute Gasteiger partial charge is 0.0426 e. The number of hydrogen-bond acceptors (Lipinski definition) is 1. The summed E-state index contributed by atoms with van der Waals surface area (Å²) >= 11 is 12.0. The number of hydrogen-bond donors (Lipinski definition) is 1. The molecule has 0 spiro atoms. The third kappa shape index (κ3) is 3.05. The summed E-state index contributed by atoms with van der Waals surface area (Å²) in [7, 11) is 0. The Labute approximate surface area is 118 Å². The fraction of sp³-hybridized carbons (Fsp3) is 0.200. The van der Waals surface area contributed by atoms with Crippen molar-refractivity contribution in [1.29, 1.82) is 0 Å². The highest BCUT2D eigenvalue weighted by molar-refractivity contribution is 6.35. The first-order valence-electron chi connectivity index (χ1n) is 5.92. The molecule has 94 valence electrons. The van der Waals surface area contributed by atoms with E-state index in [9.17, 15) is 0 Å². The Morgan fingerprint density at radius 1 is 0.944 bits per heavy atom. The highest BCUT2D eigenvalue weighted by Crippen LogP contribution is 2.28. The van der Waals surface area contributed by atoms with E-state index >= 15 is 0 Å². The minimum absolute atomic E-state index is 0.0991. The van der Waals surface area contributed by atoms with Crippen molar-refractivity contribution >= 4 is 23.2 Å². The highest BCUT2D eigenvalue weighted by Gasteiger charge is 2.05. The average Bonchev–Trinajstić information content (AvgIpc) is 2.37. The lowest BCUT2D eigenvalue weighted by Gasteiger charge is -2.10. The van der Waals surface area contributed by atoms with Crippen LogP contribution in [0.5, 0.6) is 0 Å². The lowest BCUT2D eigenvalue weighted by molar-refractivity contribution is 0.699. The molecule has 1 unspecified atom stereocenters. The lowest BCUT2D eigenvalue weighted by atomic mass is 10.00. The fourth-order valence-electron chi connectivity index (χ4n) is 1.88. The molecule has 0 radical (unpaired) electrons. The summed E-state index contributed by atoms with van der Waals surface area (Å²) in [6, 6.07) is 13.8. The molecule has 1 nitrogen and oxygen atoms in total. The van der Waals surface area contributed by atoms with E-state index in [1.165, 1.54) is 0 Å². The van der Waals surface area contributed by atoms with Gasteiger partial charge in [0.15, 0.2) is 0 Å². The second-order valence-electron chi connectivity index (χ2n) is 4.29. The predicted molar refractivity (Wildman–Crippen MR) is 79.1 cm³/mol. The topological polar surface area (TPSA) is 26.0 Å². The molecule has 18 heavy (non-hydrogen) atoms. The van der Waals surface area contributed by atoms with Crippen molar-refractivity contribution in [3.8, 4) is 11.1 Å². The summed E-state index contributed by atoms with van der Waals surface area (Å²) in [5.41, 5.74) is 9.24. The van der Waals surface area contributed by atoms with Gasteiger partial charge < -0.3 is 5.73 Å². The molecule has 3 heteroatoms. The van der Waals surface area contributed by atoms with Gasteiger partial charge in [0, 0.05) is 16.1 Å². The maximum atomic E-state index is 6.00. The van der Waals surface area contributed by atoms with Crippen molar-refractivity contribution in [2.24, 2.45) is 5.73 Å². The Balaban J connectivity index is 2.34. The number of rotatable bonds is 3. The molecule has 0 saturated heterocycles. The van der Waals surface area contributed by atoms with E-state index in [0.29, 0.717) is 10.0 Å². The molecule has 2 aromatic carbocycles. The van der Waals surface area contributed by atoms with E-state index in [1.807, 2.05) is 24.3 Å². The van der Waals surface area contributed by atoms with Gasteiger partial charge in [-0.15, -0.1) is 0 Å². The van der Waals surface area contributed by atoms with Gasteiger partial charge in [-0.1, -0.05) is 54.4 Å². The van der Waals surface area contributed by atoms with Gasteiger partial charge in [0.2, 0.25) is 0 Å². The fourth-order valence-corrected chi connectivity index (χ4v) is 2.41. The third-order valence-electron chi connectivity index (χ3n) is 2.97. The summed E-state index contributed by atoms with van der Waals surface area (Å²) < 4.78 is 0. The van der Waals surface area contributed by atoms with Crippen LogP contribution in [0.2, 0.25) is 10.0 Å². The lowest BCUT2D eigenvalue weighted by Crippen LogP contribution is -2.07. The van der Waals surface area contributed by atoms with Crippen molar-refractivity contribution in [1.82, 2.24) is 0 Å². The van der Waals surface area contributed by atoms with Gasteiger partial charge in [-0.2, -0.15) is 0 Å². The van der Waals surface area contributed by atoms with Gasteiger partial charge >= 0.3 is 0 Å². The molecule has 0 saturated carbocycles. The summed E-state index contributed by atoms with van der Waals surface area (Å²) in [5, 5.41) is 1.29. The van der Waals surface area contributed by atoms with Gasteiger partial charge in [0.25, 0.3) is 0 Å². The third-order valence-corrected chi connectivity index (χ3v) is 3.41. The zero-order chi connectivity index (χ0) is 13.1. The second kappa shape index (κ2) is 5.75. The van der Waals surface area contributed by atoms with Crippen LogP contribution in [-0.2, 0) is 0 Å². The molecule has 2 rings (SSSR count). The van der Waals surface area contributed by atoms with Crippen molar-refractivity contribution in [2.45, 2.75) is 19.4 Å². The largest absolute Gasteiger partial charge is 0.324 e.